The first-order valence-electron chi connectivity index (χ1n) is 23.6. The maximum absolute atomic E-state index is 6.82. The van der Waals surface area contributed by atoms with E-state index in [2.05, 4.69) is 125 Å². The first-order chi connectivity index (χ1) is 29.5. The van der Waals surface area contributed by atoms with Crippen LogP contribution in [0.15, 0.2) is 115 Å². The minimum Gasteiger partial charge on any atom is -0.453 e. The van der Waals surface area contributed by atoms with Gasteiger partial charge in [0, 0.05) is 33.1 Å². The molecule has 0 saturated heterocycles. The van der Waals surface area contributed by atoms with E-state index >= 15 is 0 Å². The zero-order valence-electron chi connectivity index (χ0n) is 33.9. The topological polar surface area (TPSA) is 17.4 Å². The largest absolute Gasteiger partial charge is 0.453 e. The van der Waals surface area contributed by atoms with Gasteiger partial charge in [-0.05, 0) is 215 Å². The fourth-order valence-electron chi connectivity index (χ4n) is 19.1. The Labute approximate surface area is 350 Å². The molecule has 3 aliphatic heterocycles. The standard InChI is InChI=1S/C56H45BN2O/c1-2-7-30(8-3-1)31-16-40-42-22-34(54-24-36-15-32-23-55(36,28-54)43(32)27-54)21-41-39-20-33(53-25-37-18-35-19-38(26-53)56(35,37)29-53)13-14-45(39)59(51(41)42)57-44-9-6-12-49-52(44)58(47(17-31)50(40)57)46-10-4-5-11-48(46)60-49/h1-14,16-17,20-22,32,35-38,43H,15,18-19,23-29H2. The average Bonchev–Trinajstić information content (AvgIpc) is 4.11. The molecular weight excluding hydrogens is 727 g/mol. The Morgan fingerprint density at radius 1 is 0.583 bits per heavy atom. The van der Waals surface area contributed by atoms with Crippen molar-refractivity contribution in [2.45, 2.75) is 75.0 Å². The van der Waals surface area contributed by atoms with Crippen molar-refractivity contribution in [3.05, 3.63) is 126 Å². The summed E-state index contributed by atoms with van der Waals surface area (Å²) in [7, 11) is 0. The highest BCUT2D eigenvalue weighted by Crippen LogP contribution is 2.85. The second kappa shape index (κ2) is 9.32. The maximum atomic E-state index is 6.82. The summed E-state index contributed by atoms with van der Waals surface area (Å²) >= 11 is 0. The second-order valence-corrected chi connectivity index (χ2v) is 22.5. The summed E-state index contributed by atoms with van der Waals surface area (Å²) in [5.74, 6) is 7.81. The zero-order valence-corrected chi connectivity index (χ0v) is 33.9. The molecule has 4 heteroatoms. The minimum atomic E-state index is 0.0361. The zero-order chi connectivity index (χ0) is 38.2. The van der Waals surface area contributed by atoms with Gasteiger partial charge in [0.25, 0.3) is 0 Å². The van der Waals surface area contributed by atoms with E-state index in [-0.39, 0.29) is 6.85 Å². The van der Waals surface area contributed by atoms with Gasteiger partial charge in [0.2, 0.25) is 0 Å². The van der Waals surface area contributed by atoms with Crippen molar-refractivity contribution in [2.24, 2.45) is 46.3 Å². The van der Waals surface area contributed by atoms with E-state index in [0.29, 0.717) is 21.7 Å². The van der Waals surface area contributed by atoms with Crippen molar-refractivity contribution in [1.82, 2.24) is 4.48 Å². The predicted molar refractivity (Wildman–Crippen MR) is 241 cm³/mol. The number of para-hydroxylation sites is 3. The number of aromatic nitrogens is 1. The van der Waals surface area contributed by atoms with Crippen LogP contribution in [0, 0.1) is 46.3 Å². The van der Waals surface area contributed by atoms with E-state index in [1.54, 1.807) is 11.1 Å². The van der Waals surface area contributed by atoms with Gasteiger partial charge in [-0.25, -0.2) is 0 Å². The van der Waals surface area contributed by atoms with Crippen LogP contribution >= 0.6 is 0 Å². The highest BCUT2D eigenvalue weighted by molar-refractivity contribution is 6.90. The van der Waals surface area contributed by atoms with Crippen LogP contribution in [0.25, 0.3) is 44.1 Å². The van der Waals surface area contributed by atoms with Crippen molar-refractivity contribution in [1.29, 1.82) is 0 Å². The SMILES string of the molecule is c1ccc(-c2cc3c4c(c2)N2c5ccccc5Oc5cccc(c52)B4n2c4ccc(C56CC7CC8CC(C5)C87C6)cc4c4cc(C56CC7CC8CC7(C5)C8C6)cc-3c42)cc1. The third-order valence-electron chi connectivity index (χ3n) is 20.9. The first kappa shape index (κ1) is 30.8. The van der Waals surface area contributed by atoms with Gasteiger partial charge < -0.3 is 14.1 Å². The lowest BCUT2D eigenvalue weighted by Crippen LogP contribution is -2.59. The smallest absolute Gasteiger partial charge is 0.333 e. The summed E-state index contributed by atoms with van der Waals surface area (Å²) in [5, 5.41) is 3.02. The van der Waals surface area contributed by atoms with Crippen LogP contribution in [-0.2, 0) is 10.8 Å². The van der Waals surface area contributed by atoms with Crippen molar-refractivity contribution < 1.29 is 4.74 Å². The monoisotopic (exact) mass is 772 g/mol. The molecule has 19 rings (SSSR count). The molecule has 9 fully saturated rings. The molecule has 5 bridgehead atoms. The number of benzene rings is 6. The van der Waals surface area contributed by atoms with E-state index in [4.69, 9.17) is 4.74 Å². The van der Waals surface area contributed by atoms with Crippen molar-refractivity contribution in [3.63, 3.8) is 0 Å². The molecule has 60 heavy (non-hydrogen) atoms. The molecule has 0 N–H and O–H groups in total. The van der Waals surface area contributed by atoms with Crippen LogP contribution in [0.3, 0.4) is 0 Å². The van der Waals surface area contributed by atoms with E-state index in [0.717, 1.165) is 52.7 Å². The number of fused-ring (bicyclic) bond motifs is 11. The second-order valence-electron chi connectivity index (χ2n) is 22.5. The van der Waals surface area contributed by atoms with E-state index in [1.807, 2.05) is 0 Å². The molecule has 9 saturated carbocycles. The van der Waals surface area contributed by atoms with Crippen molar-refractivity contribution >= 4 is 56.6 Å². The third-order valence-corrected chi connectivity index (χ3v) is 20.9. The van der Waals surface area contributed by atoms with Crippen LogP contribution in [0.2, 0.25) is 0 Å². The summed E-state index contributed by atoms with van der Waals surface area (Å²) < 4.78 is 9.64. The molecule has 6 aromatic carbocycles. The summed E-state index contributed by atoms with van der Waals surface area (Å²) in [6.45, 7) is 0.0361. The molecule has 12 aliphatic rings. The number of hydrogen-bond acceptors (Lipinski definition) is 2. The van der Waals surface area contributed by atoms with Gasteiger partial charge in [-0.1, -0.05) is 60.7 Å². The molecule has 9 aliphatic carbocycles. The molecule has 7 atom stereocenters. The third kappa shape index (κ3) is 3.04. The Morgan fingerprint density at radius 3 is 2.25 bits per heavy atom. The molecular formula is C56H45BN2O. The molecule has 4 heterocycles. The van der Waals surface area contributed by atoms with Crippen LogP contribution < -0.4 is 20.6 Å². The van der Waals surface area contributed by atoms with Crippen molar-refractivity contribution in [3.8, 4) is 33.8 Å². The van der Waals surface area contributed by atoms with Crippen LogP contribution in [0.4, 0.5) is 17.1 Å². The Morgan fingerprint density at radius 2 is 1.40 bits per heavy atom. The summed E-state index contributed by atoms with van der Waals surface area (Å²) in [6.07, 6.45) is 14.6. The van der Waals surface area contributed by atoms with Gasteiger partial charge in [-0.3, -0.25) is 0 Å². The molecule has 7 aromatic rings. The minimum absolute atomic E-state index is 0.0361. The molecule has 288 valence electrons. The van der Waals surface area contributed by atoms with Crippen LogP contribution in [-0.4, -0.2) is 11.3 Å². The predicted octanol–water partition coefficient (Wildman–Crippen LogP) is 12.1. The highest BCUT2D eigenvalue weighted by Gasteiger charge is 2.78. The van der Waals surface area contributed by atoms with Gasteiger partial charge in [0.1, 0.15) is 0 Å². The lowest BCUT2D eigenvalue weighted by molar-refractivity contribution is -0.175. The Bertz CT molecular complexity index is 3220. The lowest BCUT2D eigenvalue weighted by atomic mass is 9.38. The fourth-order valence-corrected chi connectivity index (χ4v) is 19.1. The van der Waals surface area contributed by atoms with Gasteiger partial charge in [0.15, 0.2) is 11.5 Å². The van der Waals surface area contributed by atoms with E-state index in [1.165, 1.54) is 131 Å². The molecule has 7 unspecified atom stereocenters. The van der Waals surface area contributed by atoms with Crippen LogP contribution in [0.1, 0.15) is 75.3 Å². The summed E-state index contributed by atoms with van der Waals surface area (Å²) in [6, 6.07) is 45.3. The van der Waals surface area contributed by atoms with Gasteiger partial charge in [0.05, 0.1) is 11.4 Å². The maximum Gasteiger partial charge on any atom is 0.333 e. The number of ether oxygens (including phenoxy) is 1. The number of anilines is 3. The average molecular weight is 773 g/mol. The van der Waals surface area contributed by atoms with Gasteiger partial charge in [-0.2, -0.15) is 0 Å². The van der Waals surface area contributed by atoms with Gasteiger partial charge in [-0.15, -0.1) is 0 Å². The molecule has 2 spiro atoms. The summed E-state index contributed by atoms with van der Waals surface area (Å²) in [5.41, 5.74) is 20.1. The van der Waals surface area contributed by atoms with E-state index < -0.39 is 0 Å². The van der Waals surface area contributed by atoms with Crippen molar-refractivity contribution in [2.75, 3.05) is 4.90 Å². The molecule has 0 amide bonds. The Kier molecular flexibility index (Phi) is 4.78. The Balaban J connectivity index is 0.964. The quantitative estimate of drug-likeness (QED) is 0.166. The fraction of sp³-hybridized carbons (Fsp3) is 0.357. The van der Waals surface area contributed by atoms with Crippen LogP contribution in [0.5, 0.6) is 11.5 Å². The lowest BCUT2D eigenvalue weighted by Gasteiger charge is -2.66. The number of nitrogens with zero attached hydrogens (tertiary/aromatic N) is 2. The number of rotatable bonds is 3. The molecule has 3 nitrogen and oxygen atoms in total. The highest BCUT2D eigenvalue weighted by atomic mass is 16.5. The number of hydrogen-bond donors (Lipinski definition) is 0. The van der Waals surface area contributed by atoms with E-state index in [9.17, 15) is 0 Å². The Hall–Kier alpha value is -5.22. The first-order valence-corrected chi connectivity index (χ1v) is 23.6. The molecule has 0 radical (unpaired) electrons. The van der Waals surface area contributed by atoms with Gasteiger partial charge >= 0.3 is 6.85 Å². The summed E-state index contributed by atoms with van der Waals surface area (Å²) in [4.78, 5) is 2.57. The molecule has 1 aromatic heterocycles. The normalized spacial score (nSPS) is 37.0.